The molecule has 5 nitrogen and oxygen atoms in total. The monoisotopic (exact) mass is 379 g/mol. The largest absolute Gasteiger partial charge is 0.336 e. The third-order valence-corrected chi connectivity index (χ3v) is 5.23. The first kappa shape index (κ1) is 18.4. The first-order valence-electron chi connectivity index (χ1n) is 9.40. The Labute approximate surface area is 162 Å². The highest BCUT2D eigenvalue weighted by molar-refractivity contribution is 5.94. The molecule has 0 aliphatic carbocycles. The summed E-state index contributed by atoms with van der Waals surface area (Å²) in [7, 11) is 0. The number of carbonyl (C=O) groups excluding carboxylic acids is 1. The molecule has 1 amide bonds. The Morgan fingerprint density at radius 3 is 2.57 bits per heavy atom. The van der Waals surface area contributed by atoms with Crippen LogP contribution in [0, 0.1) is 12.7 Å². The number of aromatic amines is 1. The van der Waals surface area contributed by atoms with E-state index in [0.717, 1.165) is 16.5 Å². The van der Waals surface area contributed by atoms with Gasteiger partial charge in [0.05, 0.1) is 5.56 Å². The van der Waals surface area contributed by atoms with Crippen molar-refractivity contribution in [3.05, 3.63) is 81.4 Å². The van der Waals surface area contributed by atoms with E-state index in [9.17, 15) is 14.0 Å². The summed E-state index contributed by atoms with van der Waals surface area (Å²) < 4.78 is 13.9. The Hall–Kier alpha value is -2.99. The molecule has 0 saturated carbocycles. The van der Waals surface area contributed by atoms with Gasteiger partial charge in [0, 0.05) is 43.8 Å². The van der Waals surface area contributed by atoms with Gasteiger partial charge in [0.2, 0.25) is 0 Å². The quantitative estimate of drug-likeness (QED) is 0.761. The van der Waals surface area contributed by atoms with Gasteiger partial charge in [-0.2, -0.15) is 0 Å². The summed E-state index contributed by atoms with van der Waals surface area (Å²) in [5.74, 6) is -0.773. The van der Waals surface area contributed by atoms with E-state index in [-0.39, 0.29) is 17.0 Å². The molecule has 4 rings (SSSR count). The molecule has 0 spiro atoms. The Balaban J connectivity index is 1.44. The van der Waals surface area contributed by atoms with Crippen LogP contribution in [0.2, 0.25) is 0 Å². The average Bonchev–Trinajstić information content (AvgIpc) is 2.69. The van der Waals surface area contributed by atoms with Gasteiger partial charge >= 0.3 is 0 Å². The minimum Gasteiger partial charge on any atom is -0.336 e. The topological polar surface area (TPSA) is 56.4 Å². The van der Waals surface area contributed by atoms with Gasteiger partial charge in [-0.25, -0.2) is 4.39 Å². The SMILES string of the molecule is Cc1ccc2[nH]c(=O)c(CN3CCN(C(=O)c4ccccc4F)CC3)cc2c1. The van der Waals surface area contributed by atoms with E-state index >= 15 is 0 Å². The number of H-pyrrole nitrogens is 1. The van der Waals surface area contributed by atoms with Crippen LogP contribution in [0.4, 0.5) is 4.39 Å². The number of halogens is 1. The van der Waals surface area contributed by atoms with E-state index in [4.69, 9.17) is 0 Å². The minimum atomic E-state index is -0.493. The maximum Gasteiger partial charge on any atom is 0.256 e. The van der Waals surface area contributed by atoms with Crippen LogP contribution in [0.15, 0.2) is 53.3 Å². The van der Waals surface area contributed by atoms with Crippen LogP contribution < -0.4 is 5.56 Å². The van der Waals surface area contributed by atoms with E-state index in [0.29, 0.717) is 38.3 Å². The van der Waals surface area contributed by atoms with Crippen LogP contribution in [0.1, 0.15) is 21.5 Å². The zero-order chi connectivity index (χ0) is 19.7. The second-order valence-corrected chi connectivity index (χ2v) is 7.26. The normalized spacial score (nSPS) is 15.1. The lowest BCUT2D eigenvalue weighted by Gasteiger charge is -2.34. The van der Waals surface area contributed by atoms with Gasteiger partial charge in [-0.15, -0.1) is 0 Å². The lowest BCUT2D eigenvalue weighted by molar-refractivity contribution is 0.0623. The number of nitrogens with one attached hydrogen (secondary N) is 1. The first-order chi connectivity index (χ1) is 13.5. The molecule has 0 unspecified atom stereocenters. The summed E-state index contributed by atoms with van der Waals surface area (Å²) in [6.45, 7) is 4.86. The van der Waals surface area contributed by atoms with Gasteiger partial charge in [-0.05, 0) is 42.6 Å². The number of rotatable bonds is 3. The maximum atomic E-state index is 13.9. The third-order valence-electron chi connectivity index (χ3n) is 5.23. The molecule has 144 valence electrons. The predicted octanol–water partition coefficient (Wildman–Crippen LogP) is 2.93. The fraction of sp³-hybridized carbons (Fsp3) is 0.273. The van der Waals surface area contributed by atoms with Gasteiger partial charge in [0.25, 0.3) is 11.5 Å². The number of fused-ring (bicyclic) bond motifs is 1. The van der Waals surface area contributed by atoms with Crippen LogP contribution in [-0.4, -0.2) is 46.9 Å². The van der Waals surface area contributed by atoms with Crippen LogP contribution in [-0.2, 0) is 6.54 Å². The van der Waals surface area contributed by atoms with Crippen molar-refractivity contribution in [3.63, 3.8) is 0 Å². The average molecular weight is 379 g/mol. The van der Waals surface area contributed by atoms with Crippen molar-refractivity contribution in [2.45, 2.75) is 13.5 Å². The van der Waals surface area contributed by atoms with Crippen molar-refractivity contribution in [2.75, 3.05) is 26.2 Å². The Morgan fingerprint density at radius 2 is 1.82 bits per heavy atom. The Bertz CT molecular complexity index is 1080. The maximum absolute atomic E-state index is 13.9. The number of hydrogen-bond donors (Lipinski definition) is 1. The van der Waals surface area contributed by atoms with Crippen LogP contribution in [0.25, 0.3) is 10.9 Å². The highest BCUT2D eigenvalue weighted by Gasteiger charge is 2.24. The molecule has 0 bridgehead atoms. The van der Waals surface area contributed by atoms with E-state index in [1.807, 2.05) is 25.1 Å². The molecule has 1 N–H and O–H groups in total. The number of aryl methyl sites for hydroxylation is 1. The highest BCUT2D eigenvalue weighted by Crippen LogP contribution is 2.16. The van der Waals surface area contributed by atoms with E-state index in [1.165, 1.54) is 12.1 Å². The Kier molecular flexibility index (Phi) is 4.96. The molecule has 1 aliphatic heterocycles. The van der Waals surface area contributed by atoms with Gasteiger partial charge in [-0.3, -0.25) is 14.5 Å². The van der Waals surface area contributed by atoms with Crippen molar-refractivity contribution >= 4 is 16.8 Å². The number of amides is 1. The van der Waals surface area contributed by atoms with Crippen LogP contribution in [0.5, 0.6) is 0 Å². The van der Waals surface area contributed by atoms with Crippen molar-refractivity contribution < 1.29 is 9.18 Å². The lowest BCUT2D eigenvalue weighted by atomic mass is 10.1. The molecule has 1 aliphatic rings. The second-order valence-electron chi connectivity index (χ2n) is 7.26. The molecule has 2 heterocycles. The van der Waals surface area contributed by atoms with E-state index < -0.39 is 5.82 Å². The van der Waals surface area contributed by atoms with Crippen LogP contribution >= 0.6 is 0 Å². The van der Waals surface area contributed by atoms with Crippen molar-refractivity contribution in [3.8, 4) is 0 Å². The minimum absolute atomic E-state index is 0.0822. The second kappa shape index (κ2) is 7.56. The van der Waals surface area contributed by atoms with E-state index in [2.05, 4.69) is 16.0 Å². The van der Waals surface area contributed by atoms with E-state index in [1.54, 1.807) is 17.0 Å². The smallest absolute Gasteiger partial charge is 0.256 e. The number of hydrogen-bond acceptors (Lipinski definition) is 3. The number of pyridine rings is 1. The molecule has 2 aromatic carbocycles. The summed E-state index contributed by atoms with van der Waals surface area (Å²) in [4.78, 5) is 31.7. The molecular weight excluding hydrogens is 357 g/mol. The number of benzene rings is 2. The van der Waals surface area contributed by atoms with Crippen molar-refractivity contribution in [2.24, 2.45) is 0 Å². The van der Waals surface area contributed by atoms with Crippen LogP contribution in [0.3, 0.4) is 0 Å². The molecule has 1 aromatic heterocycles. The summed E-state index contributed by atoms with van der Waals surface area (Å²) in [5.41, 5.74) is 2.72. The molecule has 1 saturated heterocycles. The summed E-state index contributed by atoms with van der Waals surface area (Å²) in [5, 5.41) is 1.02. The molecular formula is C22H22FN3O2. The fourth-order valence-electron chi connectivity index (χ4n) is 3.64. The van der Waals surface area contributed by atoms with Gasteiger partial charge in [-0.1, -0.05) is 23.8 Å². The van der Waals surface area contributed by atoms with Gasteiger partial charge in [0.15, 0.2) is 0 Å². The highest BCUT2D eigenvalue weighted by atomic mass is 19.1. The van der Waals surface area contributed by atoms with Gasteiger partial charge < -0.3 is 9.88 Å². The number of aromatic nitrogens is 1. The number of piperazine rings is 1. The number of carbonyl (C=O) groups is 1. The molecule has 1 fully saturated rings. The van der Waals surface area contributed by atoms with Crippen molar-refractivity contribution in [1.29, 1.82) is 0 Å². The summed E-state index contributed by atoms with van der Waals surface area (Å²) in [6.07, 6.45) is 0. The standard InChI is InChI=1S/C22H22FN3O2/c1-15-6-7-20-16(12-15)13-17(21(27)24-20)14-25-8-10-26(11-9-25)22(28)18-4-2-3-5-19(18)23/h2-7,12-13H,8-11,14H2,1H3,(H,24,27). The molecule has 0 radical (unpaired) electrons. The van der Waals surface area contributed by atoms with Crippen molar-refractivity contribution in [1.82, 2.24) is 14.8 Å². The van der Waals surface area contributed by atoms with Gasteiger partial charge in [0.1, 0.15) is 5.82 Å². The summed E-state index contributed by atoms with van der Waals surface area (Å²) >= 11 is 0. The lowest BCUT2D eigenvalue weighted by Crippen LogP contribution is -2.48. The zero-order valence-electron chi connectivity index (χ0n) is 15.7. The third kappa shape index (κ3) is 3.68. The number of nitrogens with zero attached hydrogens (tertiary/aromatic N) is 2. The zero-order valence-corrected chi connectivity index (χ0v) is 15.7. The molecule has 3 aromatic rings. The first-order valence-corrected chi connectivity index (χ1v) is 9.40. The molecule has 6 heteroatoms. The predicted molar refractivity (Wildman–Crippen MR) is 107 cm³/mol. The molecule has 28 heavy (non-hydrogen) atoms. The fourth-order valence-corrected chi connectivity index (χ4v) is 3.64. The molecule has 0 atom stereocenters. The summed E-state index contributed by atoms with van der Waals surface area (Å²) in [6, 6.07) is 14.0. The Morgan fingerprint density at radius 1 is 1.07 bits per heavy atom.